The first kappa shape index (κ1) is 13.1. The van der Waals surface area contributed by atoms with Gasteiger partial charge in [0.25, 0.3) is 0 Å². The Hall–Kier alpha value is 0.430. The summed E-state index contributed by atoms with van der Waals surface area (Å²) in [5, 5.41) is 0. The van der Waals surface area contributed by atoms with Gasteiger partial charge in [-0.25, -0.2) is 0 Å². The summed E-state index contributed by atoms with van der Waals surface area (Å²) in [5.74, 6) is 0. The summed E-state index contributed by atoms with van der Waals surface area (Å²) in [4.78, 5) is 5.52. The summed E-state index contributed by atoms with van der Waals surface area (Å²) >= 11 is 4.63. The minimum absolute atomic E-state index is 0. The maximum Gasteiger partial charge on any atom is 0.174 e. The Kier molecular flexibility index (Phi) is 12.3. The average Bonchev–Trinajstić information content (AvgIpc) is 2.20. The molecule has 0 amide bonds. The fourth-order valence-corrected chi connectivity index (χ4v) is 0.412. The molecule has 1 rings (SSSR count). The van der Waals surface area contributed by atoms with Gasteiger partial charge in [-0.05, 0) is 12.2 Å². The van der Waals surface area contributed by atoms with Crippen molar-refractivity contribution >= 4 is 41.8 Å². The molecule has 53 valence electrons. The van der Waals surface area contributed by atoms with Crippen molar-refractivity contribution in [2.75, 3.05) is 0 Å². The van der Waals surface area contributed by atoms with Gasteiger partial charge in [0.1, 0.15) is 0 Å². The van der Waals surface area contributed by atoms with Crippen LogP contribution in [-0.4, -0.2) is 39.5 Å². The minimum Gasteiger partial charge on any atom is -0.338 e. The standard InChI is InChI=1S/C3H4N2S.C3H8.Na/c6-3-4-1-2-5-3;1-3-2;/h1-2H,(H2,4,5,6);3H2,1-2H3;. The van der Waals surface area contributed by atoms with Crippen molar-refractivity contribution in [1.82, 2.24) is 9.97 Å². The van der Waals surface area contributed by atoms with Crippen molar-refractivity contribution in [2.24, 2.45) is 0 Å². The Bertz CT molecular complexity index is 165. The predicted octanol–water partition coefficient (Wildman–Crippen LogP) is 2.11. The molecule has 0 aliphatic heterocycles. The monoisotopic (exact) mass is 167 g/mol. The van der Waals surface area contributed by atoms with Crippen molar-refractivity contribution in [3.8, 4) is 0 Å². The first-order valence-electron chi connectivity index (χ1n) is 3.03. The second kappa shape index (κ2) is 9.43. The van der Waals surface area contributed by atoms with E-state index in [2.05, 4.69) is 36.0 Å². The Morgan fingerprint density at radius 2 is 1.60 bits per heavy atom. The van der Waals surface area contributed by atoms with Crippen LogP contribution in [-0.2, 0) is 0 Å². The van der Waals surface area contributed by atoms with Crippen LogP contribution in [0.4, 0.5) is 0 Å². The summed E-state index contributed by atoms with van der Waals surface area (Å²) in [7, 11) is 0. The van der Waals surface area contributed by atoms with Gasteiger partial charge >= 0.3 is 0 Å². The molecule has 0 saturated carbocycles. The molecule has 0 aliphatic rings. The van der Waals surface area contributed by atoms with Crippen LogP contribution in [0.25, 0.3) is 0 Å². The first-order chi connectivity index (χ1) is 4.31. The van der Waals surface area contributed by atoms with Crippen LogP contribution in [0.1, 0.15) is 20.3 Å². The average molecular weight is 167 g/mol. The fourth-order valence-electron chi connectivity index (χ4n) is 0.276. The van der Waals surface area contributed by atoms with E-state index in [4.69, 9.17) is 0 Å². The van der Waals surface area contributed by atoms with Gasteiger partial charge < -0.3 is 9.97 Å². The molecule has 0 saturated heterocycles. The van der Waals surface area contributed by atoms with Gasteiger partial charge in [-0.3, -0.25) is 0 Å². The molecule has 2 N–H and O–H groups in total. The first-order valence-corrected chi connectivity index (χ1v) is 3.44. The SMILES string of the molecule is CCC.S=c1[nH]cc[nH]1.[Na]. The molecule has 2 nitrogen and oxygen atoms in total. The van der Waals surface area contributed by atoms with Crippen LogP contribution >= 0.6 is 12.2 Å². The molecule has 0 fully saturated rings. The van der Waals surface area contributed by atoms with E-state index in [9.17, 15) is 0 Å². The van der Waals surface area contributed by atoms with Crippen LogP contribution in [0.5, 0.6) is 0 Å². The van der Waals surface area contributed by atoms with Gasteiger partial charge in [0.2, 0.25) is 0 Å². The van der Waals surface area contributed by atoms with Gasteiger partial charge in [-0.2, -0.15) is 0 Å². The van der Waals surface area contributed by atoms with Crippen LogP contribution < -0.4 is 0 Å². The minimum atomic E-state index is 0. The van der Waals surface area contributed by atoms with E-state index in [0.717, 1.165) is 0 Å². The molecule has 0 aliphatic carbocycles. The number of imidazole rings is 1. The van der Waals surface area contributed by atoms with Crippen LogP contribution in [0.15, 0.2) is 12.4 Å². The van der Waals surface area contributed by atoms with Gasteiger partial charge in [-0.1, -0.05) is 20.3 Å². The summed E-state index contributed by atoms with van der Waals surface area (Å²) in [6.45, 7) is 4.25. The normalized spacial score (nSPS) is 7.00. The Balaban J connectivity index is 0. The summed E-state index contributed by atoms with van der Waals surface area (Å²) in [6, 6.07) is 0. The predicted molar refractivity (Wildman–Crippen MR) is 47.7 cm³/mol. The second-order valence-electron chi connectivity index (χ2n) is 1.66. The summed E-state index contributed by atoms with van der Waals surface area (Å²) in [5.41, 5.74) is 0. The summed E-state index contributed by atoms with van der Waals surface area (Å²) < 4.78 is 0.676. The number of aromatic amines is 2. The zero-order valence-electron chi connectivity index (χ0n) is 6.77. The zero-order valence-corrected chi connectivity index (χ0v) is 9.59. The van der Waals surface area contributed by atoms with E-state index in [0.29, 0.717) is 4.77 Å². The smallest absolute Gasteiger partial charge is 0.174 e. The van der Waals surface area contributed by atoms with E-state index < -0.39 is 0 Å². The van der Waals surface area contributed by atoms with E-state index in [1.807, 2.05) is 0 Å². The van der Waals surface area contributed by atoms with Crippen molar-refractivity contribution in [1.29, 1.82) is 0 Å². The van der Waals surface area contributed by atoms with E-state index in [-0.39, 0.29) is 29.6 Å². The molecule has 0 atom stereocenters. The molecule has 0 spiro atoms. The molecule has 0 aromatic carbocycles. The largest absolute Gasteiger partial charge is 0.338 e. The van der Waals surface area contributed by atoms with Gasteiger partial charge in [0.15, 0.2) is 4.77 Å². The number of rotatable bonds is 0. The van der Waals surface area contributed by atoms with Crippen molar-refractivity contribution in [3.63, 3.8) is 0 Å². The molecule has 1 heterocycles. The molecule has 1 aromatic heterocycles. The summed E-state index contributed by atoms with van der Waals surface area (Å²) in [6.07, 6.45) is 4.75. The Labute approximate surface area is 88.7 Å². The topological polar surface area (TPSA) is 31.6 Å². The fraction of sp³-hybridized carbons (Fsp3) is 0.500. The number of hydrogen-bond acceptors (Lipinski definition) is 1. The number of nitrogens with one attached hydrogen (secondary N) is 2. The number of H-pyrrole nitrogens is 2. The van der Waals surface area contributed by atoms with Gasteiger partial charge in [0.05, 0.1) is 0 Å². The molecule has 10 heavy (non-hydrogen) atoms. The van der Waals surface area contributed by atoms with Crippen LogP contribution in [0.3, 0.4) is 0 Å². The Morgan fingerprint density at radius 1 is 1.30 bits per heavy atom. The van der Waals surface area contributed by atoms with E-state index >= 15 is 0 Å². The molecular weight excluding hydrogens is 155 g/mol. The molecule has 1 aromatic rings. The molecule has 1 radical (unpaired) electrons. The molecular formula is C6H12N2NaS. The molecule has 0 unspecified atom stereocenters. The van der Waals surface area contributed by atoms with Crippen molar-refractivity contribution in [3.05, 3.63) is 17.2 Å². The number of aromatic nitrogens is 2. The third kappa shape index (κ3) is 8.43. The quantitative estimate of drug-likeness (QED) is 0.450. The third-order valence-electron chi connectivity index (χ3n) is 0.512. The van der Waals surface area contributed by atoms with Gasteiger partial charge in [-0.15, -0.1) is 0 Å². The molecule has 4 heteroatoms. The van der Waals surface area contributed by atoms with Crippen molar-refractivity contribution < 1.29 is 0 Å². The number of hydrogen-bond donors (Lipinski definition) is 2. The second-order valence-corrected chi connectivity index (χ2v) is 2.07. The maximum atomic E-state index is 4.63. The van der Waals surface area contributed by atoms with Crippen LogP contribution in [0.2, 0.25) is 0 Å². The molecule has 0 bridgehead atoms. The van der Waals surface area contributed by atoms with Crippen molar-refractivity contribution in [2.45, 2.75) is 20.3 Å². The Morgan fingerprint density at radius 3 is 1.70 bits per heavy atom. The van der Waals surface area contributed by atoms with E-state index in [1.54, 1.807) is 12.4 Å². The van der Waals surface area contributed by atoms with Crippen LogP contribution in [0, 0.1) is 4.77 Å². The van der Waals surface area contributed by atoms with Gasteiger partial charge in [0, 0.05) is 42.0 Å². The third-order valence-corrected chi connectivity index (χ3v) is 0.748. The maximum absolute atomic E-state index is 4.63. The zero-order chi connectivity index (χ0) is 7.11. The van der Waals surface area contributed by atoms with E-state index in [1.165, 1.54) is 6.42 Å².